The number of carboxylic acid groups (broad SMARTS) is 3. The van der Waals surface area contributed by atoms with Gasteiger partial charge in [-0.2, -0.15) is 0 Å². The van der Waals surface area contributed by atoms with Crippen LogP contribution in [0.5, 0.6) is 5.75 Å². The van der Waals surface area contributed by atoms with Crippen LogP contribution in [0.2, 0.25) is 0 Å². The number of hydrogen-bond acceptors (Lipinski definition) is 11. The summed E-state index contributed by atoms with van der Waals surface area (Å²) in [6.07, 6.45) is 4.76. The number of benzene rings is 1. The normalized spacial score (nSPS) is 30.7. The van der Waals surface area contributed by atoms with Crippen molar-refractivity contribution in [1.29, 1.82) is 0 Å². The zero-order chi connectivity index (χ0) is 42.8. The van der Waals surface area contributed by atoms with Crippen LogP contribution < -0.4 is 0 Å². The lowest BCUT2D eigenvalue weighted by molar-refractivity contribution is -0.228. The van der Waals surface area contributed by atoms with Gasteiger partial charge < -0.3 is 35.0 Å². The Morgan fingerprint density at radius 2 is 1.43 bits per heavy atom. The van der Waals surface area contributed by atoms with Gasteiger partial charge in [-0.1, -0.05) is 65.3 Å². The number of esters is 2. The van der Waals surface area contributed by atoms with Gasteiger partial charge in [-0.05, 0) is 62.8 Å². The second kappa shape index (κ2) is 19.3. The Morgan fingerprint density at radius 3 is 1.91 bits per heavy atom. The number of aliphatic hydroxyl groups excluding tert-OH is 1. The van der Waals surface area contributed by atoms with Crippen LogP contribution in [0.25, 0.3) is 0 Å². The average Bonchev–Trinajstić information content (AvgIpc) is 3.37. The Balaban J connectivity index is 0.000000442. The third-order valence-electron chi connectivity index (χ3n) is 11.6. The molecule has 15 heteroatoms. The molecule has 0 bridgehead atoms. The Kier molecular flexibility index (Phi) is 16.3. The number of alkyl halides is 1. The molecule has 1 aromatic carbocycles. The summed E-state index contributed by atoms with van der Waals surface area (Å²) >= 11 is 0. The van der Waals surface area contributed by atoms with Gasteiger partial charge in [-0.15, -0.1) is 0 Å². The van der Waals surface area contributed by atoms with Crippen molar-refractivity contribution in [3.05, 3.63) is 53.6 Å². The molecule has 5 N–H and O–H groups in total. The maximum atomic E-state index is 17.4. The standard InChI is InChI=1S/C28H37FO7.C7H6O3.2C3H6O2/c1-6-23(33)35-15-22(32)28(36-24(34)7-2)16(3)12-20-19-9-8-17-13-18(30)10-11-25(17,4)27(19,29)21(31)14-26(20,28)5;8-6-4-2-1-3-5(6)7(9)10;2*1-2-3(4)5/h10-11,13,16,19-21,31H,6-9,12,14-15H2,1-5H3;1-4,8H,(H,9,10);2*2H2,1H3,(H,4,5)/t16-,19-,20-,21-,25-,26-,27?,28-;;;/m0.../s1. The Morgan fingerprint density at radius 1 is 0.875 bits per heavy atom. The number of aromatic carboxylic acids is 1. The summed E-state index contributed by atoms with van der Waals surface area (Å²) < 4.78 is 28.5. The minimum Gasteiger partial charge on any atom is -0.507 e. The fourth-order valence-electron chi connectivity index (χ4n) is 8.66. The minimum atomic E-state index is -2.05. The van der Waals surface area contributed by atoms with Crippen LogP contribution in [-0.2, 0) is 38.2 Å². The third-order valence-corrected chi connectivity index (χ3v) is 11.6. The van der Waals surface area contributed by atoms with E-state index in [1.807, 2.05) is 6.92 Å². The highest BCUT2D eigenvalue weighted by molar-refractivity contribution is 6.01. The number of halogens is 1. The molecule has 0 heterocycles. The molecule has 14 nitrogen and oxygen atoms in total. The number of rotatable bonds is 9. The molecule has 56 heavy (non-hydrogen) atoms. The molecule has 3 fully saturated rings. The number of carbonyl (C=O) groups is 7. The van der Waals surface area contributed by atoms with Crippen LogP contribution in [0.4, 0.5) is 4.39 Å². The highest BCUT2D eigenvalue weighted by Gasteiger charge is 2.77. The number of Topliss-reactive ketones (excluding diaryl/α,β-unsaturated/α-hetero) is 1. The fourth-order valence-corrected chi connectivity index (χ4v) is 8.66. The summed E-state index contributed by atoms with van der Waals surface area (Å²) in [6, 6.07) is 5.81. The second-order valence-electron chi connectivity index (χ2n) is 14.7. The van der Waals surface area contributed by atoms with Crippen molar-refractivity contribution >= 4 is 41.4 Å². The lowest BCUT2D eigenvalue weighted by atomic mass is 9.44. The molecule has 0 saturated heterocycles. The summed E-state index contributed by atoms with van der Waals surface area (Å²) in [7, 11) is 0. The van der Waals surface area contributed by atoms with E-state index < -0.39 is 82.3 Å². The van der Waals surface area contributed by atoms with E-state index in [-0.39, 0.29) is 55.1 Å². The van der Waals surface area contributed by atoms with Gasteiger partial charge in [-0.3, -0.25) is 28.8 Å². The van der Waals surface area contributed by atoms with E-state index in [1.165, 1.54) is 24.3 Å². The molecular weight excluding hydrogens is 735 g/mol. The van der Waals surface area contributed by atoms with Gasteiger partial charge in [0, 0.05) is 48.3 Å². The number of hydrogen-bond donors (Lipinski definition) is 5. The number of para-hydroxylation sites is 1. The van der Waals surface area contributed by atoms with Gasteiger partial charge in [0.05, 0.1) is 6.10 Å². The number of phenols is 1. The number of allylic oxidation sites excluding steroid dienone is 4. The summed E-state index contributed by atoms with van der Waals surface area (Å²) in [5.74, 6) is -6.11. The predicted octanol–water partition coefficient (Wildman–Crippen LogP) is 5.87. The van der Waals surface area contributed by atoms with Gasteiger partial charge in [0.25, 0.3) is 0 Å². The van der Waals surface area contributed by atoms with Gasteiger partial charge in [-0.25, -0.2) is 9.18 Å². The lowest BCUT2D eigenvalue weighted by Crippen LogP contribution is -2.70. The molecule has 3 saturated carbocycles. The number of carboxylic acids is 3. The quantitative estimate of drug-likeness (QED) is 0.184. The molecule has 5 rings (SSSR count). The molecule has 4 aliphatic carbocycles. The highest BCUT2D eigenvalue weighted by atomic mass is 19.1. The van der Waals surface area contributed by atoms with Crippen molar-refractivity contribution in [3.63, 3.8) is 0 Å². The summed E-state index contributed by atoms with van der Waals surface area (Å²) in [5.41, 5.74) is -5.33. The van der Waals surface area contributed by atoms with Crippen molar-refractivity contribution in [2.75, 3.05) is 6.61 Å². The molecule has 0 aromatic heterocycles. The molecular formula is C41H55FO14. The number of ketones is 2. The summed E-state index contributed by atoms with van der Waals surface area (Å²) in [4.78, 5) is 79.3. The number of carbonyl (C=O) groups excluding carboxylic acids is 4. The van der Waals surface area contributed by atoms with Gasteiger partial charge in [0.1, 0.15) is 11.3 Å². The van der Waals surface area contributed by atoms with E-state index >= 15 is 4.39 Å². The largest absolute Gasteiger partial charge is 0.507 e. The van der Waals surface area contributed by atoms with Crippen molar-refractivity contribution in [2.24, 2.45) is 28.6 Å². The molecule has 0 spiro atoms. The predicted molar refractivity (Wildman–Crippen MR) is 199 cm³/mol. The zero-order valence-electron chi connectivity index (χ0n) is 33.0. The molecule has 1 aromatic rings. The Bertz CT molecular complexity index is 1700. The number of ether oxygens (including phenoxy) is 2. The van der Waals surface area contributed by atoms with E-state index in [0.29, 0.717) is 24.8 Å². The Hall–Kier alpha value is -4.92. The van der Waals surface area contributed by atoms with Crippen molar-refractivity contribution in [2.45, 2.75) is 117 Å². The first-order chi connectivity index (χ1) is 26.1. The maximum Gasteiger partial charge on any atom is 0.339 e. The molecule has 0 aliphatic heterocycles. The maximum absolute atomic E-state index is 17.4. The molecule has 0 amide bonds. The van der Waals surface area contributed by atoms with Crippen molar-refractivity contribution in [3.8, 4) is 5.75 Å². The van der Waals surface area contributed by atoms with Gasteiger partial charge >= 0.3 is 29.8 Å². The molecule has 0 radical (unpaired) electrons. The van der Waals surface area contributed by atoms with Gasteiger partial charge in [0.2, 0.25) is 5.78 Å². The van der Waals surface area contributed by atoms with Crippen LogP contribution in [0.15, 0.2) is 48.1 Å². The topological polar surface area (TPSA) is 239 Å². The molecule has 310 valence electrons. The summed E-state index contributed by atoms with van der Waals surface area (Å²) in [6.45, 7) is 11.3. The minimum absolute atomic E-state index is 0.0430. The monoisotopic (exact) mass is 790 g/mol. The summed E-state index contributed by atoms with van der Waals surface area (Å²) in [5, 5.41) is 44.3. The molecule has 1 unspecified atom stereocenters. The second-order valence-corrected chi connectivity index (χ2v) is 14.7. The van der Waals surface area contributed by atoms with Crippen LogP contribution in [0.3, 0.4) is 0 Å². The van der Waals surface area contributed by atoms with E-state index in [2.05, 4.69) is 0 Å². The smallest absolute Gasteiger partial charge is 0.339 e. The van der Waals surface area contributed by atoms with E-state index in [1.54, 1.807) is 59.8 Å². The van der Waals surface area contributed by atoms with E-state index in [9.17, 15) is 38.7 Å². The number of aliphatic hydroxyl groups is 1. The van der Waals surface area contributed by atoms with Crippen LogP contribution in [0.1, 0.15) is 110 Å². The van der Waals surface area contributed by atoms with Crippen LogP contribution >= 0.6 is 0 Å². The van der Waals surface area contributed by atoms with Crippen LogP contribution in [-0.4, -0.2) is 90.9 Å². The van der Waals surface area contributed by atoms with E-state index in [4.69, 9.17) is 29.9 Å². The molecule has 4 aliphatic rings. The molecule has 8 atom stereocenters. The first-order valence-corrected chi connectivity index (χ1v) is 18.7. The highest BCUT2D eigenvalue weighted by Crippen LogP contribution is 2.71. The third kappa shape index (κ3) is 9.36. The number of aliphatic carboxylic acids is 2. The first kappa shape index (κ1) is 47.2. The first-order valence-electron chi connectivity index (χ1n) is 18.7. The van der Waals surface area contributed by atoms with Crippen LogP contribution in [0, 0.1) is 28.6 Å². The zero-order valence-corrected chi connectivity index (χ0v) is 33.0. The SMILES string of the molecule is CCC(=O)O.CCC(=O)O.CCC(=O)OCC(=O)[C@@]1(OC(=O)CC)[C@@H](C)C[C@H]2[C@@H]3CCC4=CC(=O)C=C[C@]4(C)C3(F)[C@@H](O)C[C@@]21C.O=C(O)c1ccccc1O. The number of fused-ring (bicyclic) bond motifs is 5. The average molecular weight is 791 g/mol. The van der Waals surface area contributed by atoms with Gasteiger partial charge in [0.15, 0.2) is 23.7 Å². The number of aromatic hydroxyl groups is 1. The Labute approximate surface area is 325 Å². The fraction of sp³-hybridized carbons (Fsp3) is 0.585. The lowest BCUT2D eigenvalue weighted by Gasteiger charge is -2.62. The van der Waals surface area contributed by atoms with Crippen molar-refractivity contribution in [1.82, 2.24) is 0 Å². The van der Waals surface area contributed by atoms with E-state index in [0.717, 1.165) is 0 Å². The van der Waals surface area contributed by atoms with Crippen molar-refractivity contribution < 1.29 is 73.0 Å².